The molecule has 0 aromatic carbocycles. The number of aliphatic carboxylic acids is 1. The van der Waals surface area contributed by atoms with Crippen LogP contribution < -0.4 is 64.4 Å². The first-order chi connectivity index (χ1) is 13.2. The maximum Gasteiger partial charge on any atom is 1.00 e. The first-order valence-corrected chi connectivity index (χ1v) is 11.3. The van der Waals surface area contributed by atoms with Crippen LogP contribution in [0.5, 0.6) is 0 Å². The Morgan fingerprint density at radius 2 is 1.47 bits per heavy atom. The summed E-state index contributed by atoms with van der Waals surface area (Å²) in [4.78, 5) is 33.8. The molecule has 0 aliphatic carbocycles. The van der Waals surface area contributed by atoms with E-state index in [0.717, 1.165) is 19.3 Å². The van der Waals surface area contributed by atoms with Gasteiger partial charge in [-0.25, -0.2) is 0 Å². The molecule has 0 saturated carbocycles. The average molecular weight is 472 g/mol. The molecule has 0 fully saturated rings. The molecule has 1 atom stereocenters. The molecule has 0 saturated heterocycles. The average Bonchev–Trinajstić information content (AvgIpc) is 2.60. The Morgan fingerprint density at radius 1 is 0.967 bits per heavy atom. The molecule has 0 spiro atoms. The van der Waals surface area contributed by atoms with E-state index in [9.17, 15) is 22.8 Å². The molecule has 0 aliphatic rings. The van der Waals surface area contributed by atoms with Gasteiger partial charge in [-0.1, -0.05) is 58.3 Å². The second-order valence-electron chi connectivity index (χ2n) is 6.70. The van der Waals surface area contributed by atoms with Gasteiger partial charge in [0.05, 0.1) is 13.0 Å². The van der Waals surface area contributed by atoms with E-state index < -0.39 is 33.7 Å². The number of hydrogen-bond acceptors (Lipinski definition) is 6. The molecule has 3 N–H and O–H groups in total. The molecule has 0 radical (unpaired) electrons. The summed E-state index contributed by atoms with van der Waals surface area (Å²) in [7, 11) is -4.88. The molecule has 1 amide bonds. The molecule has 0 aromatic heterocycles. The van der Waals surface area contributed by atoms with Crippen molar-refractivity contribution >= 4 is 28.0 Å². The van der Waals surface area contributed by atoms with Gasteiger partial charge >= 0.3 is 71.1 Å². The van der Waals surface area contributed by atoms with Gasteiger partial charge in [0.1, 0.15) is 6.61 Å². The normalized spacial score (nSPS) is 11.5. The number of ether oxygens (including phenoxy) is 1. The molecule has 0 aliphatic heterocycles. The van der Waals surface area contributed by atoms with Crippen molar-refractivity contribution in [2.45, 2.75) is 82.8 Å². The minimum Gasteiger partial charge on any atom is -1.00 e. The summed E-state index contributed by atoms with van der Waals surface area (Å²) in [6.45, 7) is 1.85. The van der Waals surface area contributed by atoms with Gasteiger partial charge in [-0.05, 0) is 6.42 Å². The number of carboxylic acids is 1. The van der Waals surface area contributed by atoms with Crippen LogP contribution in [0.1, 0.15) is 80.4 Å². The first kappa shape index (κ1) is 34.9. The summed E-state index contributed by atoms with van der Waals surface area (Å²) < 4.78 is 35.6. The predicted molar refractivity (Wildman–Crippen MR) is 106 cm³/mol. The molecule has 12 heteroatoms. The van der Waals surface area contributed by atoms with Crippen LogP contribution in [0.15, 0.2) is 0 Å². The third-order valence-corrected chi connectivity index (χ3v) is 5.24. The summed E-state index contributed by atoms with van der Waals surface area (Å²) in [5, 5.41) is 8.94. The van der Waals surface area contributed by atoms with Crippen LogP contribution in [0.4, 0.5) is 0 Å². The third kappa shape index (κ3) is 20.2. The van der Waals surface area contributed by atoms with Crippen LogP contribution in [-0.2, 0) is 29.2 Å². The number of carbonyl (C=O) groups excluding carboxylic acids is 2. The smallest absolute Gasteiger partial charge is 1.00 e. The van der Waals surface area contributed by atoms with E-state index in [0.29, 0.717) is 6.42 Å². The van der Waals surface area contributed by atoms with Crippen molar-refractivity contribution in [2.75, 3.05) is 13.2 Å². The van der Waals surface area contributed by atoms with Crippen molar-refractivity contribution in [1.29, 1.82) is 0 Å². The van der Waals surface area contributed by atoms with Gasteiger partial charge in [0, 0.05) is 6.42 Å². The van der Waals surface area contributed by atoms with Gasteiger partial charge in [0.2, 0.25) is 5.91 Å². The molecule has 0 bridgehead atoms. The fraction of sp³-hybridized carbons (Fsp3) is 0.833. The van der Waals surface area contributed by atoms with Gasteiger partial charge < -0.3 is 18.0 Å². The Balaban J connectivity index is -0.000000607. The van der Waals surface area contributed by atoms with Crippen molar-refractivity contribution in [1.82, 2.24) is 5.32 Å². The number of carboxylic acid groups (broad SMARTS) is 1. The van der Waals surface area contributed by atoms with Crippen molar-refractivity contribution < 1.29 is 99.2 Å². The Bertz CT molecular complexity index is 598. The van der Waals surface area contributed by atoms with Crippen molar-refractivity contribution in [3.05, 3.63) is 0 Å². The third-order valence-electron chi connectivity index (χ3n) is 4.16. The Hall–Kier alpha value is 0.320. The molecule has 0 heterocycles. The van der Waals surface area contributed by atoms with E-state index in [4.69, 9.17) is 9.66 Å². The number of hydrogen-bond donors (Lipinski definition) is 3. The summed E-state index contributed by atoms with van der Waals surface area (Å²) in [5.41, 5.74) is 0. The number of rotatable bonds is 17. The van der Waals surface area contributed by atoms with Crippen LogP contribution in [0.3, 0.4) is 0 Å². The zero-order valence-electron chi connectivity index (χ0n) is 20.5. The van der Waals surface area contributed by atoms with Gasteiger partial charge in [0.15, 0.2) is 5.25 Å². The van der Waals surface area contributed by atoms with Crippen molar-refractivity contribution in [2.24, 2.45) is 0 Å². The number of esters is 1. The van der Waals surface area contributed by atoms with Crippen molar-refractivity contribution in [3.63, 3.8) is 0 Å². The largest absolute Gasteiger partial charge is 1.00 e. The monoisotopic (exact) mass is 471 g/mol. The van der Waals surface area contributed by atoms with E-state index in [1.165, 1.54) is 38.5 Å². The van der Waals surface area contributed by atoms with E-state index in [2.05, 4.69) is 17.0 Å². The van der Waals surface area contributed by atoms with E-state index in [1.807, 2.05) is 0 Å². The topological polar surface area (TPSA) is 147 Å². The van der Waals surface area contributed by atoms with E-state index in [-0.39, 0.29) is 81.0 Å². The summed E-state index contributed by atoms with van der Waals surface area (Å²) >= 11 is 0. The van der Waals surface area contributed by atoms with Gasteiger partial charge in [-0.15, -0.1) is 0 Å². The number of carbonyl (C=O) groups is 3. The Kier molecular flexibility index (Phi) is 24.7. The predicted octanol–water partition coefficient (Wildman–Crippen LogP) is -3.47. The van der Waals surface area contributed by atoms with Crippen LogP contribution in [0.25, 0.3) is 0 Å². The Labute approximate surface area is 226 Å². The zero-order chi connectivity index (χ0) is 21.4. The molecule has 168 valence electrons. The number of nitrogens with one attached hydrogen (secondary N) is 1. The van der Waals surface area contributed by atoms with Crippen LogP contribution in [-0.4, -0.2) is 54.3 Å². The minimum atomic E-state index is -4.88. The maximum atomic E-state index is 11.7. The fourth-order valence-corrected chi connectivity index (χ4v) is 3.25. The minimum absolute atomic E-state index is 0. The molecule has 0 aromatic rings. The maximum absolute atomic E-state index is 11.7. The van der Waals surface area contributed by atoms with E-state index in [1.54, 1.807) is 0 Å². The van der Waals surface area contributed by atoms with Crippen LogP contribution in [0, 0.1) is 0 Å². The van der Waals surface area contributed by atoms with Gasteiger partial charge in [0.25, 0.3) is 10.1 Å². The second kappa shape index (κ2) is 21.2. The number of amides is 1. The molecular weight excluding hydrogens is 436 g/mol. The summed E-state index contributed by atoms with van der Waals surface area (Å²) in [6.07, 6.45) is 9.56. The molecule has 30 heavy (non-hydrogen) atoms. The Morgan fingerprint density at radius 3 is 1.93 bits per heavy atom. The molecule has 9 nitrogen and oxygen atoms in total. The SMILES string of the molecule is CCCCCCCCCCCC(=O)NCCOC(=O)C(CC(=O)O)S(=O)(=O)O.[H-].[H-].[Na+].[Na+]. The summed E-state index contributed by atoms with van der Waals surface area (Å²) in [6, 6.07) is 0. The van der Waals surface area contributed by atoms with E-state index >= 15 is 0 Å². The fourth-order valence-electron chi connectivity index (χ4n) is 2.59. The molecule has 1 unspecified atom stereocenters. The van der Waals surface area contributed by atoms with Crippen molar-refractivity contribution in [3.8, 4) is 0 Å². The number of unbranched alkanes of at least 4 members (excludes halogenated alkanes) is 8. The van der Waals surface area contributed by atoms with Crippen LogP contribution >= 0.6 is 0 Å². The van der Waals surface area contributed by atoms with Gasteiger partial charge in [-0.3, -0.25) is 18.9 Å². The second-order valence-corrected chi connectivity index (χ2v) is 8.30. The van der Waals surface area contributed by atoms with Gasteiger partial charge in [-0.2, -0.15) is 8.42 Å². The standard InChI is InChI=1S/C18H33NO8S.2Na.2H/c1-2-3-4-5-6-7-8-9-10-11-16(20)19-12-13-27-18(23)15(14-17(21)22)28(24,25)26;;;;/h15H,2-14H2,1H3,(H,19,20)(H,21,22)(H,24,25,26);;;;/q;2*+1;2*-1. The first-order valence-electron chi connectivity index (χ1n) is 9.80. The molecular formula is C18H35NNa2O8S. The summed E-state index contributed by atoms with van der Waals surface area (Å²) in [5.74, 6) is -3.12. The van der Waals surface area contributed by atoms with Crippen LogP contribution in [0.2, 0.25) is 0 Å². The molecule has 0 rings (SSSR count). The quantitative estimate of drug-likeness (QED) is 0.0858. The zero-order valence-corrected chi connectivity index (χ0v) is 23.3.